The lowest BCUT2D eigenvalue weighted by Gasteiger charge is -2.28. The molecule has 0 aromatic carbocycles. The van der Waals surface area contributed by atoms with E-state index in [4.69, 9.17) is 4.74 Å². The van der Waals surface area contributed by atoms with Gasteiger partial charge in [0.2, 0.25) is 0 Å². The Balaban J connectivity index is 1.97. The molecule has 0 radical (unpaired) electrons. The summed E-state index contributed by atoms with van der Waals surface area (Å²) >= 11 is 1.84. The van der Waals surface area contributed by atoms with Crippen molar-refractivity contribution in [3.8, 4) is 0 Å². The second kappa shape index (κ2) is 5.46. The van der Waals surface area contributed by atoms with Crippen molar-refractivity contribution >= 4 is 11.3 Å². The number of ether oxygens (including phenoxy) is 1. The second-order valence-corrected chi connectivity index (χ2v) is 6.45. The van der Waals surface area contributed by atoms with Crippen LogP contribution < -0.4 is 0 Å². The summed E-state index contributed by atoms with van der Waals surface area (Å²) in [4.78, 5) is 8.34. The van der Waals surface area contributed by atoms with Crippen LogP contribution in [-0.2, 0) is 17.7 Å². The molecule has 1 aliphatic heterocycles. The van der Waals surface area contributed by atoms with Gasteiger partial charge in [-0.2, -0.15) is 0 Å². The summed E-state index contributed by atoms with van der Waals surface area (Å²) < 4.78 is 5.83. The average Bonchev–Trinajstić information content (AvgIpc) is 2.64. The molecule has 0 unspecified atom stereocenters. The molecule has 0 saturated carbocycles. The van der Waals surface area contributed by atoms with E-state index in [1.54, 1.807) is 0 Å². The lowest BCUT2D eigenvalue weighted by molar-refractivity contribution is -0.0180. The first-order valence-electron chi connectivity index (χ1n) is 6.39. The van der Waals surface area contributed by atoms with E-state index in [2.05, 4.69) is 30.7 Å². The molecule has 2 rings (SSSR count). The van der Waals surface area contributed by atoms with Gasteiger partial charge in [-0.25, -0.2) is 4.98 Å². The van der Waals surface area contributed by atoms with Gasteiger partial charge in [-0.3, -0.25) is 4.90 Å². The third kappa shape index (κ3) is 3.76. The molecule has 0 bridgehead atoms. The van der Waals surface area contributed by atoms with Gasteiger partial charge >= 0.3 is 0 Å². The van der Waals surface area contributed by atoms with Crippen molar-refractivity contribution in [1.29, 1.82) is 0 Å². The SMILES string of the molecule is CCc1cnc(CN2CCCOC(C)(C)C2)s1. The van der Waals surface area contributed by atoms with Gasteiger partial charge in [-0.15, -0.1) is 11.3 Å². The van der Waals surface area contributed by atoms with Crippen molar-refractivity contribution in [3.05, 3.63) is 16.1 Å². The van der Waals surface area contributed by atoms with Crippen LogP contribution in [0.15, 0.2) is 6.20 Å². The molecule has 1 aromatic rings. The van der Waals surface area contributed by atoms with E-state index < -0.39 is 0 Å². The van der Waals surface area contributed by atoms with Crippen molar-refractivity contribution in [2.75, 3.05) is 19.7 Å². The van der Waals surface area contributed by atoms with Crippen molar-refractivity contribution in [2.24, 2.45) is 0 Å². The average molecular weight is 254 g/mol. The van der Waals surface area contributed by atoms with Crippen LogP contribution in [0.4, 0.5) is 0 Å². The molecule has 1 aromatic heterocycles. The molecule has 1 saturated heterocycles. The minimum atomic E-state index is -0.0264. The third-order valence-electron chi connectivity index (χ3n) is 3.02. The summed E-state index contributed by atoms with van der Waals surface area (Å²) in [7, 11) is 0. The number of rotatable bonds is 3. The van der Waals surface area contributed by atoms with E-state index in [-0.39, 0.29) is 5.60 Å². The first-order valence-corrected chi connectivity index (χ1v) is 7.20. The molecule has 17 heavy (non-hydrogen) atoms. The molecule has 0 atom stereocenters. The molecular formula is C13H22N2OS. The monoisotopic (exact) mass is 254 g/mol. The maximum Gasteiger partial charge on any atom is 0.107 e. The summed E-state index contributed by atoms with van der Waals surface area (Å²) in [5.41, 5.74) is -0.0264. The van der Waals surface area contributed by atoms with Crippen LogP contribution in [0.2, 0.25) is 0 Å². The molecule has 0 amide bonds. The van der Waals surface area contributed by atoms with Crippen LogP contribution in [-0.4, -0.2) is 35.2 Å². The lowest BCUT2D eigenvalue weighted by Crippen LogP contribution is -2.37. The van der Waals surface area contributed by atoms with E-state index in [0.717, 1.165) is 39.1 Å². The topological polar surface area (TPSA) is 25.4 Å². The molecule has 1 aliphatic rings. The normalized spacial score (nSPS) is 21.4. The highest BCUT2D eigenvalue weighted by Gasteiger charge is 2.25. The van der Waals surface area contributed by atoms with Gasteiger partial charge in [0.25, 0.3) is 0 Å². The summed E-state index contributed by atoms with van der Waals surface area (Å²) in [5, 5.41) is 1.24. The van der Waals surface area contributed by atoms with Crippen LogP contribution in [0.3, 0.4) is 0 Å². The fraction of sp³-hybridized carbons (Fsp3) is 0.769. The van der Waals surface area contributed by atoms with E-state index in [1.165, 1.54) is 9.88 Å². The first kappa shape index (κ1) is 13.0. The molecule has 0 aliphatic carbocycles. The summed E-state index contributed by atoms with van der Waals surface area (Å²) in [6.45, 7) is 10.5. The Bertz CT molecular complexity index is 362. The molecule has 96 valence electrons. The van der Waals surface area contributed by atoms with Crippen molar-refractivity contribution in [1.82, 2.24) is 9.88 Å². The first-order chi connectivity index (χ1) is 8.09. The molecular weight excluding hydrogens is 232 g/mol. The second-order valence-electron chi connectivity index (χ2n) is 5.25. The zero-order valence-corrected chi connectivity index (χ0v) is 11.8. The number of aromatic nitrogens is 1. The number of hydrogen-bond donors (Lipinski definition) is 0. The van der Waals surface area contributed by atoms with E-state index in [0.29, 0.717) is 0 Å². The Labute approximate surface area is 108 Å². The van der Waals surface area contributed by atoms with E-state index in [9.17, 15) is 0 Å². The van der Waals surface area contributed by atoms with Crippen molar-refractivity contribution < 1.29 is 4.74 Å². The maximum absolute atomic E-state index is 5.83. The Morgan fingerprint density at radius 2 is 2.35 bits per heavy atom. The van der Waals surface area contributed by atoms with Crippen molar-refractivity contribution in [2.45, 2.75) is 45.8 Å². The third-order valence-corrected chi connectivity index (χ3v) is 4.15. The molecule has 0 spiro atoms. The summed E-state index contributed by atoms with van der Waals surface area (Å²) in [5.74, 6) is 0. The Kier molecular flexibility index (Phi) is 4.17. The minimum absolute atomic E-state index is 0.0264. The number of aryl methyl sites for hydroxylation is 1. The van der Waals surface area contributed by atoms with Gasteiger partial charge in [-0.1, -0.05) is 6.92 Å². The van der Waals surface area contributed by atoms with Crippen LogP contribution in [0.25, 0.3) is 0 Å². The standard InChI is InChI=1S/C13H22N2OS/c1-4-11-8-14-12(17-11)9-15-6-5-7-16-13(2,3)10-15/h8H,4-7,9-10H2,1-3H3. The van der Waals surface area contributed by atoms with Gasteiger partial charge in [-0.05, 0) is 26.7 Å². The smallest absolute Gasteiger partial charge is 0.107 e. The molecule has 0 N–H and O–H groups in total. The summed E-state index contributed by atoms with van der Waals surface area (Å²) in [6.07, 6.45) is 4.22. The predicted octanol–water partition coefficient (Wildman–Crippen LogP) is 2.71. The quantitative estimate of drug-likeness (QED) is 0.829. The Hall–Kier alpha value is -0.450. The van der Waals surface area contributed by atoms with Gasteiger partial charge in [0.15, 0.2) is 0 Å². The Morgan fingerprint density at radius 1 is 1.53 bits per heavy atom. The van der Waals surface area contributed by atoms with Crippen LogP contribution in [0, 0.1) is 0 Å². The van der Waals surface area contributed by atoms with E-state index in [1.807, 2.05) is 17.5 Å². The minimum Gasteiger partial charge on any atom is -0.374 e. The van der Waals surface area contributed by atoms with Gasteiger partial charge < -0.3 is 4.74 Å². The van der Waals surface area contributed by atoms with Crippen LogP contribution in [0.1, 0.15) is 37.1 Å². The van der Waals surface area contributed by atoms with Gasteiger partial charge in [0, 0.05) is 30.8 Å². The highest BCUT2D eigenvalue weighted by Crippen LogP contribution is 2.20. The summed E-state index contributed by atoms with van der Waals surface area (Å²) in [6, 6.07) is 0. The van der Waals surface area contributed by atoms with Gasteiger partial charge in [0.1, 0.15) is 5.01 Å². The zero-order valence-electron chi connectivity index (χ0n) is 11.0. The number of hydrogen-bond acceptors (Lipinski definition) is 4. The number of thiazole rings is 1. The van der Waals surface area contributed by atoms with Crippen LogP contribution in [0.5, 0.6) is 0 Å². The van der Waals surface area contributed by atoms with Crippen molar-refractivity contribution in [3.63, 3.8) is 0 Å². The van der Waals surface area contributed by atoms with Gasteiger partial charge in [0.05, 0.1) is 12.1 Å². The predicted molar refractivity (Wildman–Crippen MR) is 71.4 cm³/mol. The van der Waals surface area contributed by atoms with Crippen LogP contribution >= 0.6 is 11.3 Å². The fourth-order valence-corrected chi connectivity index (χ4v) is 3.12. The zero-order chi connectivity index (χ0) is 12.3. The molecule has 3 nitrogen and oxygen atoms in total. The largest absolute Gasteiger partial charge is 0.374 e. The Morgan fingerprint density at radius 3 is 3.06 bits per heavy atom. The van der Waals surface area contributed by atoms with E-state index >= 15 is 0 Å². The number of nitrogens with zero attached hydrogens (tertiary/aromatic N) is 2. The molecule has 1 fully saturated rings. The maximum atomic E-state index is 5.83. The highest BCUT2D eigenvalue weighted by atomic mass is 32.1. The molecule has 4 heteroatoms. The highest BCUT2D eigenvalue weighted by molar-refractivity contribution is 7.11. The lowest BCUT2D eigenvalue weighted by atomic mass is 10.1. The molecule has 2 heterocycles. The fourth-order valence-electron chi connectivity index (χ4n) is 2.21.